The van der Waals surface area contributed by atoms with Crippen LogP contribution in [0.3, 0.4) is 0 Å². The Bertz CT molecular complexity index is 303. The van der Waals surface area contributed by atoms with Crippen LogP contribution in [0.2, 0.25) is 0 Å². The number of rotatable bonds is 5. The number of halogens is 3. The molecule has 1 aromatic heterocycles. The van der Waals surface area contributed by atoms with Gasteiger partial charge in [0, 0.05) is 19.3 Å². The molecular formula is C10H11F3OS. The zero-order valence-electron chi connectivity index (χ0n) is 8.01. The van der Waals surface area contributed by atoms with Crippen molar-refractivity contribution < 1.29 is 18.0 Å². The lowest BCUT2D eigenvalue weighted by atomic mass is 10.1. The van der Waals surface area contributed by atoms with E-state index in [1.807, 2.05) is 16.8 Å². The molecule has 0 amide bonds. The van der Waals surface area contributed by atoms with Crippen molar-refractivity contribution in [2.45, 2.75) is 31.9 Å². The van der Waals surface area contributed by atoms with Gasteiger partial charge < -0.3 is 0 Å². The second-order valence-electron chi connectivity index (χ2n) is 3.32. The number of ketones is 1. The highest BCUT2D eigenvalue weighted by molar-refractivity contribution is 7.07. The van der Waals surface area contributed by atoms with Crippen LogP contribution in [0.1, 0.15) is 24.8 Å². The summed E-state index contributed by atoms with van der Waals surface area (Å²) < 4.78 is 35.3. The minimum Gasteiger partial charge on any atom is -0.299 e. The number of thiophene rings is 1. The Morgan fingerprint density at radius 3 is 2.67 bits per heavy atom. The summed E-state index contributed by atoms with van der Waals surface area (Å²) in [6, 6.07) is 1.81. The van der Waals surface area contributed by atoms with Crippen molar-refractivity contribution in [2.24, 2.45) is 0 Å². The van der Waals surface area contributed by atoms with Gasteiger partial charge in [0.15, 0.2) is 0 Å². The first-order chi connectivity index (χ1) is 6.97. The van der Waals surface area contributed by atoms with E-state index in [4.69, 9.17) is 0 Å². The summed E-state index contributed by atoms with van der Waals surface area (Å²) in [5.41, 5.74) is 0.886. The van der Waals surface area contributed by atoms with Gasteiger partial charge in [0.2, 0.25) is 0 Å². The van der Waals surface area contributed by atoms with Crippen LogP contribution < -0.4 is 0 Å². The van der Waals surface area contributed by atoms with E-state index in [0.29, 0.717) is 0 Å². The van der Waals surface area contributed by atoms with Gasteiger partial charge in [-0.15, -0.1) is 0 Å². The molecule has 0 saturated carbocycles. The molecule has 0 radical (unpaired) electrons. The average Bonchev–Trinajstić information content (AvgIpc) is 2.54. The molecule has 0 saturated heterocycles. The van der Waals surface area contributed by atoms with Crippen LogP contribution in [-0.2, 0) is 11.2 Å². The van der Waals surface area contributed by atoms with Gasteiger partial charge in [-0.3, -0.25) is 4.79 Å². The minimum atomic E-state index is -4.15. The summed E-state index contributed by atoms with van der Waals surface area (Å²) in [6.07, 6.45) is -4.87. The van der Waals surface area contributed by atoms with Crippen molar-refractivity contribution in [2.75, 3.05) is 0 Å². The normalized spacial score (nSPS) is 11.7. The Morgan fingerprint density at radius 2 is 2.13 bits per heavy atom. The van der Waals surface area contributed by atoms with Crippen LogP contribution >= 0.6 is 11.3 Å². The molecule has 5 heteroatoms. The first kappa shape index (κ1) is 12.2. The van der Waals surface area contributed by atoms with E-state index in [0.717, 1.165) is 5.56 Å². The van der Waals surface area contributed by atoms with Crippen LogP contribution in [0, 0.1) is 0 Å². The number of alkyl halides is 3. The van der Waals surface area contributed by atoms with E-state index in [1.54, 1.807) is 0 Å². The molecule has 0 fully saturated rings. The predicted octanol–water partition coefficient (Wildman–Crippen LogP) is 3.59. The number of carbonyl (C=O) groups is 1. The van der Waals surface area contributed by atoms with Gasteiger partial charge in [-0.2, -0.15) is 24.5 Å². The fraction of sp³-hybridized carbons (Fsp3) is 0.500. The van der Waals surface area contributed by atoms with Crippen molar-refractivity contribution in [3.8, 4) is 0 Å². The first-order valence-electron chi connectivity index (χ1n) is 4.57. The largest absolute Gasteiger partial charge is 0.389 e. The van der Waals surface area contributed by atoms with Gasteiger partial charge in [0.25, 0.3) is 0 Å². The van der Waals surface area contributed by atoms with Gasteiger partial charge in [0.1, 0.15) is 5.78 Å². The SMILES string of the molecule is O=C(CCCC(F)(F)F)Cc1ccsc1. The summed E-state index contributed by atoms with van der Waals surface area (Å²) in [6.45, 7) is 0. The van der Waals surface area contributed by atoms with Gasteiger partial charge in [-0.25, -0.2) is 0 Å². The zero-order valence-corrected chi connectivity index (χ0v) is 8.83. The fourth-order valence-electron chi connectivity index (χ4n) is 1.20. The Labute approximate surface area is 89.9 Å². The lowest BCUT2D eigenvalue weighted by Crippen LogP contribution is -2.09. The molecular weight excluding hydrogens is 225 g/mol. The van der Waals surface area contributed by atoms with Crippen molar-refractivity contribution in [3.05, 3.63) is 22.4 Å². The van der Waals surface area contributed by atoms with Crippen LogP contribution in [0.15, 0.2) is 16.8 Å². The van der Waals surface area contributed by atoms with Crippen molar-refractivity contribution in [1.82, 2.24) is 0 Å². The highest BCUT2D eigenvalue weighted by atomic mass is 32.1. The predicted molar refractivity (Wildman–Crippen MR) is 52.9 cm³/mol. The molecule has 84 valence electrons. The molecule has 1 heterocycles. The van der Waals surface area contributed by atoms with Crippen LogP contribution in [0.25, 0.3) is 0 Å². The third-order valence-electron chi connectivity index (χ3n) is 1.90. The number of hydrogen-bond acceptors (Lipinski definition) is 2. The summed E-state index contributed by atoms with van der Waals surface area (Å²) in [7, 11) is 0. The maximum atomic E-state index is 11.8. The minimum absolute atomic E-state index is 0.00928. The fourth-order valence-corrected chi connectivity index (χ4v) is 1.86. The summed E-state index contributed by atoms with van der Waals surface area (Å²) in [5.74, 6) is -0.127. The number of carbonyl (C=O) groups excluding carboxylic acids is 1. The van der Waals surface area contributed by atoms with Crippen LogP contribution in [-0.4, -0.2) is 12.0 Å². The molecule has 0 aliphatic carbocycles. The van der Waals surface area contributed by atoms with E-state index in [2.05, 4.69) is 0 Å². The van der Waals surface area contributed by atoms with E-state index in [9.17, 15) is 18.0 Å². The Balaban J connectivity index is 2.20. The van der Waals surface area contributed by atoms with Crippen LogP contribution in [0.4, 0.5) is 13.2 Å². The molecule has 1 nitrogen and oxygen atoms in total. The van der Waals surface area contributed by atoms with Gasteiger partial charge in [-0.1, -0.05) is 0 Å². The molecule has 0 N–H and O–H groups in total. The monoisotopic (exact) mass is 236 g/mol. The molecule has 15 heavy (non-hydrogen) atoms. The zero-order chi connectivity index (χ0) is 11.3. The molecule has 0 aliphatic heterocycles. The molecule has 0 atom stereocenters. The molecule has 0 bridgehead atoms. The molecule has 1 aromatic rings. The molecule has 1 rings (SSSR count). The second-order valence-corrected chi connectivity index (χ2v) is 4.10. The maximum Gasteiger partial charge on any atom is 0.389 e. The average molecular weight is 236 g/mol. The molecule has 0 unspecified atom stereocenters. The summed E-state index contributed by atoms with van der Waals surface area (Å²) in [5, 5.41) is 3.68. The van der Waals surface area contributed by atoms with Crippen molar-refractivity contribution >= 4 is 17.1 Å². The van der Waals surface area contributed by atoms with Crippen molar-refractivity contribution in [1.29, 1.82) is 0 Å². The third kappa shape index (κ3) is 5.57. The molecule has 0 aliphatic rings. The number of hydrogen-bond donors (Lipinski definition) is 0. The quantitative estimate of drug-likeness (QED) is 0.763. The standard InChI is InChI=1S/C10H11F3OS/c11-10(12,13)4-1-2-9(14)6-8-3-5-15-7-8/h3,5,7H,1-2,4,6H2. The Kier molecular flexibility index (Phi) is 4.32. The topological polar surface area (TPSA) is 17.1 Å². The highest BCUT2D eigenvalue weighted by Gasteiger charge is 2.26. The molecule has 0 spiro atoms. The first-order valence-corrected chi connectivity index (χ1v) is 5.51. The van der Waals surface area contributed by atoms with Crippen molar-refractivity contribution in [3.63, 3.8) is 0 Å². The lowest BCUT2D eigenvalue weighted by Gasteiger charge is -2.04. The maximum absolute atomic E-state index is 11.8. The lowest BCUT2D eigenvalue weighted by molar-refractivity contribution is -0.137. The smallest absolute Gasteiger partial charge is 0.299 e. The van der Waals surface area contributed by atoms with E-state index in [-0.39, 0.29) is 25.0 Å². The Morgan fingerprint density at radius 1 is 1.40 bits per heavy atom. The van der Waals surface area contributed by atoms with E-state index >= 15 is 0 Å². The van der Waals surface area contributed by atoms with E-state index in [1.165, 1.54) is 11.3 Å². The summed E-state index contributed by atoms with van der Waals surface area (Å²) >= 11 is 1.48. The highest BCUT2D eigenvalue weighted by Crippen LogP contribution is 2.22. The molecule has 0 aromatic carbocycles. The Hall–Kier alpha value is -0.840. The van der Waals surface area contributed by atoms with Crippen LogP contribution in [0.5, 0.6) is 0 Å². The summed E-state index contributed by atoms with van der Waals surface area (Å²) in [4.78, 5) is 11.2. The van der Waals surface area contributed by atoms with E-state index < -0.39 is 12.6 Å². The second kappa shape index (κ2) is 5.30. The van der Waals surface area contributed by atoms with Gasteiger partial charge in [-0.05, 0) is 28.8 Å². The van der Waals surface area contributed by atoms with Gasteiger partial charge >= 0.3 is 6.18 Å². The number of Topliss-reactive ketones (excluding diaryl/α,β-unsaturated/α-hetero) is 1. The third-order valence-corrected chi connectivity index (χ3v) is 2.63. The van der Waals surface area contributed by atoms with Gasteiger partial charge in [0.05, 0.1) is 0 Å².